The number of carbonyl (C=O) groups is 2. The Bertz CT molecular complexity index is 1070. The first-order valence-corrected chi connectivity index (χ1v) is 8.54. The van der Waals surface area contributed by atoms with Crippen LogP contribution in [0.25, 0.3) is 22.2 Å². The van der Waals surface area contributed by atoms with E-state index in [1.165, 1.54) is 6.92 Å². The maximum absolute atomic E-state index is 13.1. The maximum atomic E-state index is 13.1. The van der Waals surface area contributed by atoms with Crippen molar-refractivity contribution in [1.29, 1.82) is 0 Å². The molecule has 25 heavy (non-hydrogen) atoms. The van der Waals surface area contributed by atoms with Gasteiger partial charge in [0, 0.05) is 34.0 Å². The standard InChI is InChI=1S/C20H17ClN2O2/c1-10-16(21)9-8-15-17(11(2)22-12(3)24)19-13-6-4-5-7-14(13)20(25)23(19)18(10)15/h4-9,11H,1-3H3,(H,22,24). The summed E-state index contributed by atoms with van der Waals surface area (Å²) in [5.41, 5.74) is 5.05. The van der Waals surface area contributed by atoms with E-state index in [2.05, 4.69) is 5.32 Å². The van der Waals surface area contributed by atoms with Gasteiger partial charge in [-0.2, -0.15) is 0 Å². The largest absolute Gasteiger partial charge is 0.350 e. The molecule has 0 saturated heterocycles. The van der Waals surface area contributed by atoms with E-state index < -0.39 is 0 Å². The molecule has 2 aromatic carbocycles. The lowest BCUT2D eigenvalue weighted by molar-refractivity contribution is -0.119. The molecule has 5 heteroatoms. The molecule has 0 bridgehead atoms. The zero-order chi connectivity index (χ0) is 17.9. The van der Waals surface area contributed by atoms with E-state index in [9.17, 15) is 9.59 Å². The fourth-order valence-corrected chi connectivity index (χ4v) is 3.97. The predicted molar refractivity (Wildman–Crippen MR) is 99.1 cm³/mol. The quantitative estimate of drug-likeness (QED) is 0.578. The summed E-state index contributed by atoms with van der Waals surface area (Å²) in [6.45, 7) is 5.35. The van der Waals surface area contributed by atoms with Crippen LogP contribution < -0.4 is 5.32 Å². The van der Waals surface area contributed by atoms with Crippen LogP contribution in [0.2, 0.25) is 5.02 Å². The molecule has 3 aromatic rings. The molecule has 0 saturated carbocycles. The van der Waals surface area contributed by atoms with E-state index in [0.717, 1.165) is 33.3 Å². The van der Waals surface area contributed by atoms with Gasteiger partial charge in [-0.15, -0.1) is 0 Å². The van der Waals surface area contributed by atoms with Crippen LogP contribution in [0, 0.1) is 6.92 Å². The summed E-state index contributed by atoms with van der Waals surface area (Å²) in [4.78, 5) is 24.7. The minimum absolute atomic E-state index is 0.0535. The van der Waals surface area contributed by atoms with Crippen LogP contribution in [0.3, 0.4) is 0 Å². The van der Waals surface area contributed by atoms with Crippen LogP contribution in [-0.2, 0) is 4.79 Å². The zero-order valence-corrected chi connectivity index (χ0v) is 14.9. The second kappa shape index (κ2) is 5.46. The number of aryl methyl sites for hydroxylation is 1. The van der Waals surface area contributed by atoms with Crippen molar-refractivity contribution in [3.8, 4) is 11.3 Å². The lowest BCUT2D eigenvalue weighted by atomic mass is 9.97. The Balaban J connectivity index is 2.15. The number of halogens is 1. The van der Waals surface area contributed by atoms with Crippen LogP contribution in [-0.4, -0.2) is 16.4 Å². The van der Waals surface area contributed by atoms with Gasteiger partial charge in [0.15, 0.2) is 0 Å². The van der Waals surface area contributed by atoms with Crippen molar-refractivity contribution in [1.82, 2.24) is 9.88 Å². The highest BCUT2D eigenvalue weighted by molar-refractivity contribution is 6.32. The average Bonchev–Trinajstić information content (AvgIpc) is 3.05. The number of benzene rings is 2. The van der Waals surface area contributed by atoms with Gasteiger partial charge >= 0.3 is 0 Å². The van der Waals surface area contributed by atoms with Crippen molar-refractivity contribution < 1.29 is 9.59 Å². The molecule has 1 unspecified atom stereocenters. The summed E-state index contributed by atoms with van der Waals surface area (Å²) < 4.78 is 1.74. The number of carbonyl (C=O) groups excluding carboxylic acids is 2. The van der Waals surface area contributed by atoms with E-state index in [1.807, 2.05) is 50.2 Å². The molecule has 0 radical (unpaired) electrons. The van der Waals surface area contributed by atoms with Crippen molar-refractivity contribution >= 4 is 34.3 Å². The third-order valence-electron chi connectivity index (χ3n) is 4.83. The third kappa shape index (κ3) is 2.14. The normalized spacial score (nSPS) is 13.7. The molecule has 1 amide bonds. The molecule has 0 fully saturated rings. The van der Waals surface area contributed by atoms with Crippen LogP contribution >= 0.6 is 11.6 Å². The molecule has 1 aliphatic heterocycles. The fourth-order valence-electron chi connectivity index (χ4n) is 3.82. The lowest BCUT2D eigenvalue weighted by Gasteiger charge is -2.14. The van der Waals surface area contributed by atoms with Gasteiger partial charge in [0.2, 0.25) is 5.91 Å². The van der Waals surface area contributed by atoms with Gasteiger partial charge in [-0.1, -0.05) is 35.9 Å². The monoisotopic (exact) mass is 352 g/mol. The number of hydrogen-bond acceptors (Lipinski definition) is 2. The van der Waals surface area contributed by atoms with Gasteiger partial charge in [-0.05, 0) is 31.5 Å². The van der Waals surface area contributed by atoms with Gasteiger partial charge in [0.1, 0.15) is 0 Å². The van der Waals surface area contributed by atoms with Crippen molar-refractivity contribution in [2.45, 2.75) is 26.8 Å². The number of nitrogens with zero attached hydrogens (tertiary/aromatic N) is 1. The average molecular weight is 353 g/mol. The first-order valence-electron chi connectivity index (χ1n) is 8.16. The third-order valence-corrected chi connectivity index (χ3v) is 5.24. The SMILES string of the molecule is CC(=O)NC(C)c1c2n(c3c(C)c(Cl)ccc13)C(=O)c1ccccc1-2. The summed E-state index contributed by atoms with van der Waals surface area (Å²) >= 11 is 6.33. The molecular weight excluding hydrogens is 336 g/mol. The number of fused-ring (bicyclic) bond motifs is 5. The van der Waals surface area contributed by atoms with Crippen LogP contribution in [0.15, 0.2) is 36.4 Å². The van der Waals surface area contributed by atoms with E-state index in [0.29, 0.717) is 10.6 Å². The maximum Gasteiger partial charge on any atom is 0.263 e. The number of nitrogens with one attached hydrogen (secondary N) is 1. The van der Waals surface area contributed by atoms with Gasteiger partial charge in [-0.3, -0.25) is 14.2 Å². The van der Waals surface area contributed by atoms with Crippen LogP contribution in [0.1, 0.15) is 41.4 Å². The lowest BCUT2D eigenvalue weighted by Crippen LogP contribution is -2.23. The second-order valence-corrected chi connectivity index (χ2v) is 6.85. The van der Waals surface area contributed by atoms with E-state index in [-0.39, 0.29) is 17.9 Å². The van der Waals surface area contributed by atoms with Crippen LogP contribution in [0.4, 0.5) is 0 Å². The van der Waals surface area contributed by atoms with Crippen molar-refractivity contribution in [2.75, 3.05) is 0 Å². The summed E-state index contributed by atoms with van der Waals surface area (Å²) in [6, 6.07) is 11.1. The fraction of sp³-hybridized carbons (Fsp3) is 0.200. The molecule has 2 heterocycles. The molecular formula is C20H17ClN2O2. The van der Waals surface area contributed by atoms with Crippen molar-refractivity contribution in [2.24, 2.45) is 0 Å². The van der Waals surface area contributed by atoms with E-state index >= 15 is 0 Å². The van der Waals surface area contributed by atoms with Gasteiger partial charge in [0.25, 0.3) is 5.91 Å². The molecule has 1 N–H and O–H groups in total. The minimum Gasteiger partial charge on any atom is -0.350 e. The second-order valence-electron chi connectivity index (χ2n) is 6.44. The highest BCUT2D eigenvalue weighted by atomic mass is 35.5. The van der Waals surface area contributed by atoms with E-state index in [4.69, 9.17) is 11.6 Å². The molecule has 126 valence electrons. The minimum atomic E-state index is -0.226. The van der Waals surface area contributed by atoms with Crippen molar-refractivity contribution in [3.05, 3.63) is 58.1 Å². The molecule has 0 spiro atoms. The predicted octanol–water partition coefficient (Wildman–Crippen LogP) is 4.47. The highest BCUT2D eigenvalue weighted by Crippen LogP contribution is 2.45. The van der Waals surface area contributed by atoms with Gasteiger partial charge in [0.05, 0.1) is 17.3 Å². The Morgan fingerprint density at radius 3 is 2.52 bits per heavy atom. The zero-order valence-electron chi connectivity index (χ0n) is 14.2. The van der Waals surface area contributed by atoms with Crippen LogP contribution in [0.5, 0.6) is 0 Å². The Labute approximate surface area is 150 Å². The Hall–Kier alpha value is -2.59. The Morgan fingerprint density at radius 2 is 1.84 bits per heavy atom. The first-order chi connectivity index (χ1) is 11.9. The molecule has 1 aliphatic rings. The Kier molecular flexibility index (Phi) is 3.48. The van der Waals surface area contributed by atoms with E-state index in [1.54, 1.807) is 4.57 Å². The summed E-state index contributed by atoms with van der Waals surface area (Å²) in [7, 11) is 0. The molecule has 1 aromatic heterocycles. The number of amides is 1. The summed E-state index contributed by atoms with van der Waals surface area (Å²) in [5, 5.41) is 4.52. The topological polar surface area (TPSA) is 51.1 Å². The number of hydrogen-bond donors (Lipinski definition) is 1. The summed E-state index contributed by atoms with van der Waals surface area (Å²) in [5.74, 6) is -0.161. The highest BCUT2D eigenvalue weighted by Gasteiger charge is 2.34. The molecule has 1 atom stereocenters. The van der Waals surface area contributed by atoms with Crippen molar-refractivity contribution in [3.63, 3.8) is 0 Å². The smallest absolute Gasteiger partial charge is 0.263 e. The molecule has 0 aliphatic carbocycles. The number of aromatic nitrogens is 1. The molecule has 4 nitrogen and oxygen atoms in total. The van der Waals surface area contributed by atoms with Gasteiger partial charge in [-0.25, -0.2) is 0 Å². The van der Waals surface area contributed by atoms with Gasteiger partial charge < -0.3 is 5.32 Å². The Morgan fingerprint density at radius 1 is 1.16 bits per heavy atom. The molecule has 4 rings (SSSR count). The first kappa shape index (κ1) is 15.9. The summed E-state index contributed by atoms with van der Waals surface area (Å²) in [6.07, 6.45) is 0. The number of rotatable bonds is 2.